The average molecular weight is 408 g/mol. The largest absolute Gasteiger partial charge is 0.491 e. The van der Waals surface area contributed by atoms with Gasteiger partial charge in [-0.15, -0.1) is 5.10 Å². The minimum Gasteiger partial charge on any atom is -0.491 e. The maximum absolute atomic E-state index is 13.1. The van der Waals surface area contributed by atoms with Gasteiger partial charge in [0.05, 0.1) is 5.52 Å². The first-order chi connectivity index (χ1) is 13.9. The van der Waals surface area contributed by atoms with Crippen LogP contribution >= 0.6 is 11.6 Å². The van der Waals surface area contributed by atoms with E-state index in [-0.39, 0.29) is 10.9 Å². The van der Waals surface area contributed by atoms with Gasteiger partial charge >= 0.3 is 0 Å². The van der Waals surface area contributed by atoms with E-state index in [9.17, 15) is 14.7 Å². The lowest BCUT2D eigenvalue weighted by Crippen LogP contribution is -2.30. The van der Waals surface area contributed by atoms with Crippen molar-refractivity contribution in [2.45, 2.75) is 13.0 Å². The van der Waals surface area contributed by atoms with E-state index < -0.39 is 22.9 Å². The fourth-order valence-electron chi connectivity index (χ4n) is 3.54. The second-order valence-electron chi connectivity index (χ2n) is 6.83. The van der Waals surface area contributed by atoms with E-state index in [1.807, 2.05) is 30.3 Å². The van der Waals surface area contributed by atoms with Crippen LogP contribution in [0, 0.1) is 0 Å². The molecule has 0 fully saturated rings. The molecule has 8 heteroatoms. The third-order valence-electron chi connectivity index (χ3n) is 5.03. The number of H-pyrrole nitrogens is 1. The Balaban J connectivity index is 1.78. The van der Waals surface area contributed by atoms with Gasteiger partial charge < -0.3 is 14.5 Å². The normalized spacial score (nSPS) is 12.8. The van der Waals surface area contributed by atoms with Gasteiger partial charge in [0.15, 0.2) is 0 Å². The van der Waals surface area contributed by atoms with E-state index in [4.69, 9.17) is 16.0 Å². The fraction of sp³-hybridized carbons (Fsp3) is 0.0952. The van der Waals surface area contributed by atoms with E-state index >= 15 is 0 Å². The number of aromatic amines is 1. The summed E-state index contributed by atoms with van der Waals surface area (Å²) in [4.78, 5) is 29.0. The van der Waals surface area contributed by atoms with Crippen molar-refractivity contribution in [1.82, 2.24) is 14.8 Å². The van der Waals surface area contributed by atoms with Gasteiger partial charge in [-0.1, -0.05) is 29.8 Å². The molecule has 1 unspecified atom stereocenters. The predicted octanol–water partition coefficient (Wildman–Crippen LogP) is 3.95. The molecule has 0 saturated heterocycles. The van der Waals surface area contributed by atoms with Crippen molar-refractivity contribution >= 4 is 44.4 Å². The van der Waals surface area contributed by atoms with Crippen LogP contribution in [0.5, 0.6) is 5.88 Å². The molecule has 3 aromatic heterocycles. The summed E-state index contributed by atoms with van der Waals surface area (Å²) in [7, 11) is 0. The Kier molecular flexibility index (Phi) is 3.75. The number of rotatable bonds is 2. The molecule has 0 aliphatic rings. The van der Waals surface area contributed by atoms with Crippen LogP contribution in [0.15, 0.2) is 62.5 Å². The van der Waals surface area contributed by atoms with Crippen molar-refractivity contribution in [3.05, 3.63) is 79.9 Å². The number of fused-ring (bicyclic) bond motifs is 3. The molecule has 144 valence electrons. The molecule has 0 amide bonds. The zero-order valence-electron chi connectivity index (χ0n) is 15.1. The SMILES string of the molecule is CC(c1cc2ccccc2o1)n1nc(O)c2[nH]c3cc(Cl)ccc3c(=O)c2c1=O. The zero-order chi connectivity index (χ0) is 20.3. The number of hydrogen-bond donors (Lipinski definition) is 2. The number of hydrogen-bond acceptors (Lipinski definition) is 5. The molecule has 1 atom stereocenters. The quantitative estimate of drug-likeness (QED) is 0.431. The van der Waals surface area contributed by atoms with Crippen molar-refractivity contribution in [2.75, 3.05) is 0 Å². The van der Waals surface area contributed by atoms with Gasteiger partial charge in [-0.3, -0.25) is 9.59 Å². The molecule has 0 aliphatic carbocycles. The van der Waals surface area contributed by atoms with Gasteiger partial charge in [-0.25, -0.2) is 4.68 Å². The van der Waals surface area contributed by atoms with Gasteiger partial charge in [-0.2, -0.15) is 0 Å². The van der Waals surface area contributed by atoms with E-state index in [1.54, 1.807) is 25.1 Å². The number of nitrogens with one attached hydrogen (secondary N) is 1. The summed E-state index contributed by atoms with van der Waals surface area (Å²) in [5.74, 6) is 0.0325. The lowest BCUT2D eigenvalue weighted by molar-refractivity contribution is 0.390. The lowest BCUT2D eigenvalue weighted by Gasteiger charge is -2.13. The van der Waals surface area contributed by atoms with Crippen LogP contribution in [-0.4, -0.2) is 19.9 Å². The molecule has 0 radical (unpaired) electrons. The Morgan fingerprint density at radius 1 is 1.17 bits per heavy atom. The highest BCUT2D eigenvalue weighted by atomic mass is 35.5. The van der Waals surface area contributed by atoms with Gasteiger partial charge in [0.1, 0.15) is 28.3 Å². The maximum Gasteiger partial charge on any atom is 0.281 e. The van der Waals surface area contributed by atoms with Crippen LogP contribution in [0.2, 0.25) is 5.02 Å². The molecule has 2 N–H and O–H groups in total. The van der Waals surface area contributed by atoms with Crippen molar-refractivity contribution in [3.63, 3.8) is 0 Å². The molecule has 0 saturated carbocycles. The van der Waals surface area contributed by atoms with E-state index in [1.165, 1.54) is 0 Å². The third-order valence-corrected chi connectivity index (χ3v) is 5.27. The Morgan fingerprint density at radius 2 is 1.97 bits per heavy atom. The van der Waals surface area contributed by atoms with Crippen molar-refractivity contribution in [1.29, 1.82) is 0 Å². The Morgan fingerprint density at radius 3 is 2.76 bits per heavy atom. The topological polar surface area (TPSA) is 101 Å². The van der Waals surface area contributed by atoms with E-state index in [2.05, 4.69) is 10.1 Å². The van der Waals surface area contributed by atoms with Crippen LogP contribution in [0.25, 0.3) is 32.8 Å². The van der Waals surface area contributed by atoms with Crippen LogP contribution < -0.4 is 11.0 Å². The first kappa shape index (κ1) is 17.5. The molecule has 5 aromatic rings. The van der Waals surface area contributed by atoms with Crippen LogP contribution in [0.4, 0.5) is 0 Å². The van der Waals surface area contributed by atoms with Gasteiger partial charge in [0, 0.05) is 15.8 Å². The predicted molar refractivity (Wildman–Crippen MR) is 111 cm³/mol. The molecule has 0 spiro atoms. The fourth-order valence-corrected chi connectivity index (χ4v) is 3.71. The van der Waals surface area contributed by atoms with E-state index in [0.29, 0.717) is 27.3 Å². The summed E-state index contributed by atoms with van der Waals surface area (Å²) in [5.41, 5.74) is -0.0620. The minimum absolute atomic E-state index is 0.0252. The molecule has 29 heavy (non-hydrogen) atoms. The molecule has 2 aromatic carbocycles. The lowest BCUT2D eigenvalue weighted by atomic mass is 10.1. The second kappa shape index (κ2) is 6.22. The van der Waals surface area contributed by atoms with Crippen LogP contribution in [-0.2, 0) is 0 Å². The molecule has 3 heterocycles. The smallest absolute Gasteiger partial charge is 0.281 e. The molecular weight excluding hydrogens is 394 g/mol. The van der Waals surface area contributed by atoms with E-state index in [0.717, 1.165) is 10.1 Å². The number of aromatic nitrogens is 3. The van der Waals surface area contributed by atoms with Crippen molar-refractivity contribution in [2.24, 2.45) is 0 Å². The van der Waals surface area contributed by atoms with Crippen LogP contribution in [0.3, 0.4) is 0 Å². The average Bonchev–Trinajstić information content (AvgIpc) is 3.14. The highest BCUT2D eigenvalue weighted by molar-refractivity contribution is 6.31. The summed E-state index contributed by atoms with van der Waals surface area (Å²) in [5, 5.41) is 15.9. The monoisotopic (exact) mass is 407 g/mol. The molecule has 5 rings (SSSR count). The first-order valence-corrected chi connectivity index (χ1v) is 9.27. The standard InChI is InChI=1S/C21H14ClN3O4/c1-10(16-8-11-4-2-3-5-15(11)29-16)25-21(28)17-18(20(27)24-25)23-14-9-12(22)6-7-13(14)19(17)26/h2-10H,1H3,(H,23,26)(H,24,27). The van der Waals surface area contributed by atoms with Gasteiger partial charge in [0.2, 0.25) is 5.43 Å². The van der Waals surface area contributed by atoms with Gasteiger partial charge in [0.25, 0.3) is 11.4 Å². The highest BCUT2D eigenvalue weighted by Gasteiger charge is 2.22. The van der Waals surface area contributed by atoms with Crippen LogP contribution in [0.1, 0.15) is 18.7 Å². The number of furan rings is 1. The number of aromatic hydroxyl groups is 1. The van der Waals surface area contributed by atoms with Crippen molar-refractivity contribution < 1.29 is 9.52 Å². The Labute approximate surface area is 167 Å². The summed E-state index contributed by atoms with van der Waals surface area (Å²) in [6, 6.07) is 13.3. The second-order valence-corrected chi connectivity index (χ2v) is 7.27. The Bertz CT molecular complexity index is 1510. The number of pyridine rings is 1. The summed E-state index contributed by atoms with van der Waals surface area (Å²) >= 11 is 5.98. The first-order valence-electron chi connectivity index (χ1n) is 8.89. The van der Waals surface area contributed by atoms with Crippen molar-refractivity contribution in [3.8, 4) is 5.88 Å². The zero-order valence-corrected chi connectivity index (χ0v) is 15.9. The summed E-state index contributed by atoms with van der Waals surface area (Å²) in [6.07, 6.45) is 0. The maximum atomic E-state index is 13.1. The number of halogens is 1. The van der Waals surface area contributed by atoms with Gasteiger partial charge in [-0.05, 0) is 37.3 Å². The molecule has 0 bridgehead atoms. The highest BCUT2D eigenvalue weighted by Crippen LogP contribution is 2.27. The minimum atomic E-state index is -0.634. The summed E-state index contributed by atoms with van der Waals surface area (Å²) < 4.78 is 6.88. The molecular formula is C21H14ClN3O4. The summed E-state index contributed by atoms with van der Waals surface area (Å²) in [6.45, 7) is 1.71. The number of benzene rings is 2. The molecule has 7 nitrogen and oxygen atoms in total. The third kappa shape index (κ3) is 2.62. The number of para-hydroxylation sites is 1. The Hall–Kier alpha value is -3.58. The molecule has 0 aliphatic heterocycles. The number of nitrogens with zero attached hydrogens (tertiary/aromatic N) is 2.